The lowest BCUT2D eigenvalue weighted by atomic mass is 10.3. The topological polar surface area (TPSA) is 75.7 Å². The number of rotatable bonds is 6. The Kier molecular flexibility index (Phi) is 7.05. The van der Waals surface area contributed by atoms with Crippen molar-refractivity contribution in [2.45, 2.75) is 33.2 Å². The lowest BCUT2D eigenvalue weighted by Gasteiger charge is -2.16. The fraction of sp³-hybridized carbons (Fsp3) is 0.400. The van der Waals surface area contributed by atoms with Gasteiger partial charge in [0.05, 0.1) is 5.69 Å². The molecule has 0 bridgehead atoms. The summed E-state index contributed by atoms with van der Waals surface area (Å²) in [7, 11) is -3.96. The predicted octanol–water partition coefficient (Wildman–Crippen LogP) is 1.65. The third kappa shape index (κ3) is 6.26. The van der Waals surface area contributed by atoms with Crippen LogP contribution in [-0.4, -0.2) is 27.0 Å². The highest BCUT2D eigenvalue weighted by Gasteiger charge is 2.19. The van der Waals surface area contributed by atoms with Crippen LogP contribution in [0.1, 0.15) is 27.2 Å². The standard InChI is InChI=1S/C15H20N2O4S/c1-4-5-11-17(14-9-7-6-8-10-14)15(18)12-21-22(19,20)16-13(2)3/h6-10,13,16H,4,12H2,1-3H3. The first-order valence-corrected chi connectivity index (χ1v) is 8.29. The Hall–Kier alpha value is -1.88. The van der Waals surface area contributed by atoms with Crippen LogP contribution in [0.15, 0.2) is 30.3 Å². The van der Waals surface area contributed by atoms with Crippen molar-refractivity contribution in [1.29, 1.82) is 0 Å². The summed E-state index contributed by atoms with van der Waals surface area (Å²) < 4.78 is 30.1. The molecule has 1 N–H and O–H groups in total. The smallest absolute Gasteiger partial charge is 0.271 e. The van der Waals surface area contributed by atoms with Gasteiger partial charge < -0.3 is 0 Å². The first kappa shape index (κ1) is 18.2. The second kappa shape index (κ2) is 8.54. The first-order chi connectivity index (χ1) is 10.4. The van der Waals surface area contributed by atoms with Gasteiger partial charge in [-0.25, -0.2) is 9.08 Å². The first-order valence-electron chi connectivity index (χ1n) is 6.89. The molecule has 0 aromatic heterocycles. The quantitative estimate of drug-likeness (QED) is 0.638. The molecule has 1 rings (SSSR count). The van der Waals surface area contributed by atoms with Crippen LogP contribution in [0.3, 0.4) is 0 Å². The molecule has 1 aromatic rings. The van der Waals surface area contributed by atoms with Gasteiger partial charge in [-0.3, -0.25) is 4.79 Å². The normalized spacial score (nSPS) is 10.9. The van der Waals surface area contributed by atoms with Gasteiger partial charge in [0.15, 0.2) is 0 Å². The summed E-state index contributed by atoms with van der Waals surface area (Å²) in [4.78, 5) is 13.4. The molecule has 0 heterocycles. The molecule has 22 heavy (non-hydrogen) atoms. The van der Waals surface area contributed by atoms with Gasteiger partial charge in [0, 0.05) is 18.5 Å². The molecule has 0 aliphatic heterocycles. The predicted molar refractivity (Wildman–Crippen MR) is 85.1 cm³/mol. The summed E-state index contributed by atoms with van der Waals surface area (Å²) in [5, 5.41) is 0. The Morgan fingerprint density at radius 3 is 2.50 bits per heavy atom. The average Bonchev–Trinajstić information content (AvgIpc) is 2.45. The van der Waals surface area contributed by atoms with E-state index in [1.165, 1.54) is 4.90 Å². The molecule has 1 aromatic carbocycles. The van der Waals surface area contributed by atoms with E-state index >= 15 is 0 Å². The maximum atomic E-state index is 12.2. The number of nitrogens with one attached hydrogen (secondary N) is 1. The maximum absolute atomic E-state index is 12.2. The van der Waals surface area contributed by atoms with E-state index in [4.69, 9.17) is 0 Å². The van der Waals surface area contributed by atoms with Gasteiger partial charge in [0.2, 0.25) is 0 Å². The molecular weight excluding hydrogens is 304 g/mol. The number of hydrogen-bond acceptors (Lipinski definition) is 4. The van der Waals surface area contributed by atoms with Crippen molar-refractivity contribution in [1.82, 2.24) is 4.72 Å². The van der Waals surface area contributed by atoms with Crippen LogP contribution >= 0.6 is 0 Å². The Morgan fingerprint density at radius 2 is 1.95 bits per heavy atom. The molecule has 0 saturated heterocycles. The van der Waals surface area contributed by atoms with Crippen molar-refractivity contribution in [3.05, 3.63) is 30.3 Å². The lowest BCUT2D eigenvalue weighted by Crippen LogP contribution is -2.36. The van der Waals surface area contributed by atoms with Gasteiger partial charge in [-0.2, -0.15) is 13.1 Å². The minimum absolute atomic E-state index is 0.315. The minimum Gasteiger partial charge on any atom is -0.271 e. The molecule has 0 aliphatic carbocycles. The highest BCUT2D eigenvalue weighted by atomic mass is 32.2. The largest absolute Gasteiger partial charge is 0.336 e. The summed E-state index contributed by atoms with van der Waals surface area (Å²) in [6.45, 7) is 4.56. The van der Waals surface area contributed by atoms with Gasteiger partial charge in [-0.15, -0.1) is 0 Å². The number of nitrogens with zero attached hydrogens (tertiary/aromatic N) is 1. The third-order valence-electron chi connectivity index (χ3n) is 2.35. The van der Waals surface area contributed by atoms with Crippen LogP contribution in [0.2, 0.25) is 0 Å². The molecule has 0 atom stereocenters. The molecule has 0 spiro atoms. The molecule has 6 nitrogen and oxygen atoms in total. The van der Waals surface area contributed by atoms with Gasteiger partial charge in [-0.05, 0) is 26.0 Å². The average molecular weight is 324 g/mol. The molecule has 0 fully saturated rings. The van der Waals surface area contributed by atoms with Crippen LogP contribution in [0.5, 0.6) is 0 Å². The summed E-state index contributed by atoms with van der Waals surface area (Å²) in [6, 6.07) is 11.2. The molecule has 7 heteroatoms. The van der Waals surface area contributed by atoms with Gasteiger partial charge >= 0.3 is 10.3 Å². The molecule has 1 amide bonds. The van der Waals surface area contributed by atoms with Crippen molar-refractivity contribution in [2.75, 3.05) is 11.5 Å². The number of para-hydroxylation sites is 1. The molecular formula is C15H20N2O4S. The zero-order chi connectivity index (χ0) is 16.6. The second-order valence-electron chi connectivity index (χ2n) is 4.70. The van der Waals surface area contributed by atoms with Crippen molar-refractivity contribution >= 4 is 21.9 Å². The number of carbonyl (C=O) groups is 1. The number of amides is 1. The number of carbonyl (C=O) groups excluding carboxylic acids is 1. The van der Waals surface area contributed by atoms with E-state index in [0.29, 0.717) is 12.1 Å². The van der Waals surface area contributed by atoms with Crippen molar-refractivity contribution in [2.24, 2.45) is 0 Å². The Bertz CT molecular complexity index is 645. The highest BCUT2D eigenvalue weighted by molar-refractivity contribution is 7.84. The Labute approximate surface area is 131 Å². The lowest BCUT2D eigenvalue weighted by molar-refractivity contribution is -0.119. The van der Waals surface area contributed by atoms with E-state index in [0.717, 1.165) is 0 Å². The van der Waals surface area contributed by atoms with E-state index in [1.54, 1.807) is 38.1 Å². The Balaban J connectivity index is 2.82. The van der Waals surface area contributed by atoms with E-state index < -0.39 is 22.8 Å². The van der Waals surface area contributed by atoms with E-state index in [2.05, 4.69) is 20.9 Å². The monoisotopic (exact) mass is 324 g/mol. The van der Waals surface area contributed by atoms with Crippen molar-refractivity contribution in [3.8, 4) is 12.0 Å². The fourth-order valence-electron chi connectivity index (χ4n) is 1.52. The van der Waals surface area contributed by atoms with E-state index in [-0.39, 0.29) is 6.04 Å². The SMILES string of the molecule is CCC#CN(C(=O)COS(=O)(=O)NC(C)C)c1ccccc1. The molecule has 120 valence electrons. The molecule has 0 aliphatic rings. The minimum atomic E-state index is -3.96. The number of benzene rings is 1. The highest BCUT2D eigenvalue weighted by Crippen LogP contribution is 2.12. The summed E-state index contributed by atoms with van der Waals surface area (Å²) >= 11 is 0. The van der Waals surface area contributed by atoms with E-state index in [9.17, 15) is 13.2 Å². The number of hydrogen-bond donors (Lipinski definition) is 1. The van der Waals surface area contributed by atoms with Gasteiger partial charge in [-0.1, -0.05) is 31.0 Å². The van der Waals surface area contributed by atoms with Crippen molar-refractivity contribution < 1.29 is 17.4 Å². The zero-order valence-electron chi connectivity index (χ0n) is 12.9. The van der Waals surface area contributed by atoms with Crippen LogP contribution < -0.4 is 9.62 Å². The zero-order valence-corrected chi connectivity index (χ0v) is 13.7. The van der Waals surface area contributed by atoms with Crippen LogP contribution in [0, 0.1) is 12.0 Å². The van der Waals surface area contributed by atoms with Crippen LogP contribution in [-0.2, 0) is 19.3 Å². The van der Waals surface area contributed by atoms with Gasteiger partial charge in [0.25, 0.3) is 5.91 Å². The summed E-state index contributed by atoms with van der Waals surface area (Å²) in [5.41, 5.74) is 0.561. The molecule has 0 unspecified atom stereocenters. The fourth-order valence-corrected chi connectivity index (χ4v) is 2.42. The molecule has 0 radical (unpaired) electrons. The van der Waals surface area contributed by atoms with Crippen LogP contribution in [0.25, 0.3) is 0 Å². The Morgan fingerprint density at radius 1 is 1.32 bits per heavy atom. The maximum Gasteiger partial charge on any atom is 0.336 e. The second-order valence-corrected chi connectivity index (χ2v) is 6.08. The van der Waals surface area contributed by atoms with Crippen molar-refractivity contribution in [3.63, 3.8) is 0 Å². The number of anilines is 1. The summed E-state index contributed by atoms with van der Waals surface area (Å²) in [6.07, 6.45) is 0.574. The molecule has 0 saturated carbocycles. The third-order valence-corrected chi connectivity index (χ3v) is 3.54. The van der Waals surface area contributed by atoms with E-state index in [1.807, 2.05) is 13.0 Å². The van der Waals surface area contributed by atoms with Gasteiger partial charge in [0.1, 0.15) is 6.61 Å². The summed E-state index contributed by atoms with van der Waals surface area (Å²) in [5.74, 6) is 2.24. The van der Waals surface area contributed by atoms with Crippen LogP contribution in [0.4, 0.5) is 5.69 Å².